The van der Waals surface area contributed by atoms with E-state index in [1.165, 1.54) is 5.56 Å². The second kappa shape index (κ2) is 3.15. The SMILES string of the molecule is CN[C@H]1CCc2ccccc2O1. The highest BCUT2D eigenvalue weighted by molar-refractivity contribution is 5.34. The fraction of sp³-hybridized carbons (Fsp3) is 0.400. The van der Waals surface area contributed by atoms with Gasteiger partial charge in [-0.2, -0.15) is 0 Å². The number of rotatable bonds is 1. The number of ether oxygens (including phenoxy) is 1. The summed E-state index contributed by atoms with van der Waals surface area (Å²) in [6, 6.07) is 8.22. The average molecular weight is 163 g/mol. The van der Waals surface area contributed by atoms with Crippen molar-refractivity contribution in [2.45, 2.75) is 19.1 Å². The van der Waals surface area contributed by atoms with Crippen LogP contribution in [0.15, 0.2) is 24.3 Å². The lowest BCUT2D eigenvalue weighted by Gasteiger charge is -2.25. The molecule has 1 aliphatic rings. The molecule has 0 aliphatic carbocycles. The maximum atomic E-state index is 5.67. The van der Waals surface area contributed by atoms with E-state index in [0.717, 1.165) is 18.6 Å². The highest BCUT2D eigenvalue weighted by Gasteiger charge is 2.16. The minimum absolute atomic E-state index is 0.194. The van der Waals surface area contributed by atoms with Crippen LogP contribution in [0.3, 0.4) is 0 Å². The molecule has 12 heavy (non-hydrogen) atoms. The molecule has 0 radical (unpaired) electrons. The molecule has 2 rings (SSSR count). The Labute approximate surface area is 72.5 Å². The van der Waals surface area contributed by atoms with Gasteiger partial charge in [-0.25, -0.2) is 0 Å². The number of hydrogen-bond acceptors (Lipinski definition) is 2. The van der Waals surface area contributed by atoms with Gasteiger partial charge in [0.25, 0.3) is 0 Å². The lowest BCUT2D eigenvalue weighted by atomic mass is 10.1. The molecule has 64 valence electrons. The van der Waals surface area contributed by atoms with Gasteiger partial charge in [0, 0.05) is 6.42 Å². The molecule has 1 N–H and O–H groups in total. The zero-order valence-electron chi connectivity index (χ0n) is 7.21. The highest BCUT2D eigenvalue weighted by Crippen LogP contribution is 2.25. The Morgan fingerprint density at radius 1 is 1.42 bits per heavy atom. The van der Waals surface area contributed by atoms with E-state index in [1.54, 1.807) is 0 Å². The van der Waals surface area contributed by atoms with Gasteiger partial charge in [0.2, 0.25) is 0 Å². The molecule has 1 heterocycles. The minimum atomic E-state index is 0.194. The molecule has 2 nitrogen and oxygen atoms in total. The van der Waals surface area contributed by atoms with Gasteiger partial charge >= 0.3 is 0 Å². The van der Waals surface area contributed by atoms with E-state index in [1.807, 2.05) is 19.2 Å². The molecule has 2 heteroatoms. The summed E-state index contributed by atoms with van der Waals surface area (Å²) in [6.07, 6.45) is 2.37. The van der Waals surface area contributed by atoms with Crippen molar-refractivity contribution >= 4 is 0 Å². The normalized spacial score (nSPS) is 21.2. The van der Waals surface area contributed by atoms with E-state index in [2.05, 4.69) is 17.4 Å². The van der Waals surface area contributed by atoms with Gasteiger partial charge in [0.05, 0.1) is 0 Å². The third-order valence-corrected chi connectivity index (χ3v) is 2.24. The zero-order chi connectivity index (χ0) is 8.39. The first-order valence-corrected chi connectivity index (χ1v) is 4.32. The van der Waals surface area contributed by atoms with E-state index in [0.29, 0.717) is 0 Å². The molecule has 0 aromatic heterocycles. The fourth-order valence-corrected chi connectivity index (χ4v) is 1.53. The topological polar surface area (TPSA) is 21.3 Å². The van der Waals surface area contributed by atoms with Crippen LogP contribution in [0, 0.1) is 0 Å². The number of benzene rings is 1. The van der Waals surface area contributed by atoms with E-state index in [9.17, 15) is 0 Å². The number of aryl methyl sites for hydroxylation is 1. The van der Waals surface area contributed by atoms with Crippen LogP contribution in [-0.2, 0) is 6.42 Å². The smallest absolute Gasteiger partial charge is 0.150 e. The first kappa shape index (κ1) is 7.62. The average Bonchev–Trinajstić information content (AvgIpc) is 2.17. The summed E-state index contributed by atoms with van der Waals surface area (Å²) in [6.45, 7) is 0. The van der Waals surface area contributed by atoms with Crippen molar-refractivity contribution in [1.29, 1.82) is 0 Å². The predicted octanol–water partition coefficient (Wildman–Crippen LogP) is 1.56. The summed E-state index contributed by atoms with van der Waals surface area (Å²) in [4.78, 5) is 0. The molecule has 0 saturated carbocycles. The van der Waals surface area contributed by atoms with Crippen LogP contribution >= 0.6 is 0 Å². The Bertz CT molecular complexity index is 272. The van der Waals surface area contributed by atoms with Gasteiger partial charge in [-0.1, -0.05) is 18.2 Å². The maximum Gasteiger partial charge on any atom is 0.150 e. The van der Waals surface area contributed by atoms with Crippen LogP contribution in [0.1, 0.15) is 12.0 Å². The third-order valence-electron chi connectivity index (χ3n) is 2.24. The Hall–Kier alpha value is -1.02. The molecule has 1 aromatic carbocycles. The van der Waals surface area contributed by atoms with Crippen LogP contribution < -0.4 is 10.1 Å². The van der Waals surface area contributed by atoms with Crippen LogP contribution in [0.2, 0.25) is 0 Å². The second-order valence-electron chi connectivity index (χ2n) is 3.04. The van der Waals surface area contributed by atoms with Gasteiger partial charge in [0.1, 0.15) is 12.0 Å². The largest absolute Gasteiger partial charge is 0.475 e. The predicted molar refractivity (Wildman–Crippen MR) is 48.2 cm³/mol. The molecule has 0 amide bonds. The lowest BCUT2D eigenvalue weighted by Crippen LogP contribution is -2.34. The van der Waals surface area contributed by atoms with E-state index in [4.69, 9.17) is 4.74 Å². The van der Waals surface area contributed by atoms with E-state index < -0.39 is 0 Å². The molecule has 1 aromatic rings. The summed E-state index contributed by atoms with van der Waals surface area (Å²) in [5.41, 5.74) is 1.32. The van der Waals surface area contributed by atoms with E-state index in [-0.39, 0.29) is 6.23 Å². The molecular formula is C10H13NO. The van der Waals surface area contributed by atoms with Crippen molar-refractivity contribution in [3.63, 3.8) is 0 Å². The fourth-order valence-electron chi connectivity index (χ4n) is 1.53. The standard InChI is InChI=1S/C10H13NO/c1-11-10-7-6-8-4-2-3-5-9(8)12-10/h2-5,10-11H,6-7H2,1H3/t10-/m1/s1. The summed E-state index contributed by atoms with van der Waals surface area (Å²) in [5, 5.41) is 3.12. The highest BCUT2D eigenvalue weighted by atomic mass is 16.5. The number of nitrogens with one attached hydrogen (secondary N) is 1. The summed E-state index contributed by atoms with van der Waals surface area (Å²) < 4.78 is 5.67. The summed E-state index contributed by atoms with van der Waals surface area (Å²) in [7, 11) is 1.93. The lowest BCUT2D eigenvalue weighted by molar-refractivity contribution is 0.147. The third kappa shape index (κ3) is 1.30. The minimum Gasteiger partial charge on any atom is -0.475 e. The number of para-hydroxylation sites is 1. The zero-order valence-corrected chi connectivity index (χ0v) is 7.21. The van der Waals surface area contributed by atoms with Crippen molar-refractivity contribution in [2.24, 2.45) is 0 Å². The Morgan fingerprint density at radius 3 is 3.08 bits per heavy atom. The van der Waals surface area contributed by atoms with Gasteiger partial charge < -0.3 is 4.74 Å². The van der Waals surface area contributed by atoms with Gasteiger partial charge in [-0.15, -0.1) is 0 Å². The van der Waals surface area contributed by atoms with Crippen LogP contribution in [0.25, 0.3) is 0 Å². The number of fused-ring (bicyclic) bond motifs is 1. The molecule has 0 unspecified atom stereocenters. The van der Waals surface area contributed by atoms with Crippen LogP contribution in [0.4, 0.5) is 0 Å². The van der Waals surface area contributed by atoms with Crippen molar-refractivity contribution in [3.8, 4) is 5.75 Å². The monoisotopic (exact) mass is 163 g/mol. The number of hydrogen-bond donors (Lipinski definition) is 1. The quantitative estimate of drug-likeness (QED) is 0.678. The van der Waals surface area contributed by atoms with Gasteiger partial charge in [-0.3, -0.25) is 5.32 Å². The maximum absolute atomic E-state index is 5.67. The van der Waals surface area contributed by atoms with Gasteiger partial charge in [0.15, 0.2) is 0 Å². The molecule has 0 bridgehead atoms. The van der Waals surface area contributed by atoms with Crippen molar-refractivity contribution in [3.05, 3.63) is 29.8 Å². The summed E-state index contributed by atoms with van der Waals surface area (Å²) >= 11 is 0. The molecule has 1 atom stereocenters. The molecule has 0 fully saturated rings. The summed E-state index contributed by atoms with van der Waals surface area (Å²) in [5.74, 6) is 1.03. The Balaban J connectivity index is 2.23. The van der Waals surface area contributed by atoms with Crippen molar-refractivity contribution < 1.29 is 4.74 Å². The van der Waals surface area contributed by atoms with Crippen molar-refractivity contribution in [2.75, 3.05) is 7.05 Å². The molecule has 1 aliphatic heterocycles. The Morgan fingerprint density at radius 2 is 2.25 bits per heavy atom. The van der Waals surface area contributed by atoms with Crippen LogP contribution in [0.5, 0.6) is 5.75 Å². The molecular weight excluding hydrogens is 150 g/mol. The van der Waals surface area contributed by atoms with E-state index >= 15 is 0 Å². The second-order valence-corrected chi connectivity index (χ2v) is 3.04. The molecule has 0 spiro atoms. The first-order chi connectivity index (χ1) is 5.90. The van der Waals surface area contributed by atoms with Crippen LogP contribution in [-0.4, -0.2) is 13.3 Å². The van der Waals surface area contributed by atoms with Crippen molar-refractivity contribution in [1.82, 2.24) is 5.32 Å². The Kier molecular flexibility index (Phi) is 2.00. The molecule has 0 saturated heterocycles. The first-order valence-electron chi connectivity index (χ1n) is 4.32. The van der Waals surface area contributed by atoms with Gasteiger partial charge in [-0.05, 0) is 25.1 Å².